The third-order valence-electron chi connectivity index (χ3n) is 3.50. The molecule has 1 saturated heterocycles. The Morgan fingerprint density at radius 1 is 1.32 bits per heavy atom. The number of likely N-dealkylation sites (tertiary alicyclic amines) is 1. The van der Waals surface area contributed by atoms with Crippen molar-refractivity contribution in [2.45, 2.75) is 39.2 Å². The second-order valence-electron chi connectivity index (χ2n) is 4.93. The summed E-state index contributed by atoms with van der Waals surface area (Å²) in [5, 5.41) is 9.21. The average Bonchev–Trinajstić information content (AvgIpc) is 2.38. The smallest absolute Gasteiger partial charge is 0.326 e. The van der Waals surface area contributed by atoms with Crippen LogP contribution < -0.4 is 0 Å². The molecule has 19 heavy (non-hydrogen) atoms. The lowest BCUT2D eigenvalue weighted by Gasteiger charge is -2.33. The van der Waals surface area contributed by atoms with E-state index < -0.39 is 12.0 Å². The number of hydrogen-bond donors (Lipinski definition) is 1. The van der Waals surface area contributed by atoms with E-state index in [4.69, 9.17) is 0 Å². The minimum absolute atomic E-state index is 0.225. The maximum atomic E-state index is 12.5. The summed E-state index contributed by atoms with van der Waals surface area (Å²) in [6.07, 6.45) is 2.24. The first-order chi connectivity index (χ1) is 9.00. The molecule has 2 rings (SSSR count). The van der Waals surface area contributed by atoms with Gasteiger partial charge in [-0.2, -0.15) is 0 Å². The Morgan fingerprint density at radius 3 is 2.68 bits per heavy atom. The highest BCUT2D eigenvalue weighted by atomic mass is 16.4. The Morgan fingerprint density at radius 2 is 2.05 bits per heavy atom. The zero-order valence-corrected chi connectivity index (χ0v) is 11.2. The molecule has 0 unspecified atom stereocenters. The number of aromatic nitrogens is 1. The van der Waals surface area contributed by atoms with Crippen LogP contribution in [0.25, 0.3) is 0 Å². The molecule has 102 valence electrons. The van der Waals surface area contributed by atoms with Crippen LogP contribution in [-0.2, 0) is 4.79 Å². The van der Waals surface area contributed by atoms with Gasteiger partial charge in [0.1, 0.15) is 6.04 Å². The molecule has 1 aliphatic heterocycles. The number of aryl methyl sites for hydroxylation is 2. The summed E-state index contributed by atoms with van der Waals surface area (Å²) >= 11 is 0. The van der Waals surface area contributed by atoms with E-state index in [-0.39, 0.29) is 5.91 Å². The Bertz CT molecular complexity index is 513. The first kappa shape index (κ1) is 13.5. The van der Waals surface area contributed by atoms with Crippen LogP contribution in [0.2, 0.25) is 0 Å². The second kappa shape index (κ2) is 5.38. The van der Waals surface area contributed by atoms with Gasteiger partial charge in [0.05, 0.1) is 11.3 Å². The topological polar surface area (TPSA) is 70.5 Å². The molecular weight excluding hydrogens is 244 g/mol. The van der Waals surface area contributed by atoms with E-state index in [0.717, 1.165) is 18.5 Å². The molecule has 1 aromatic rings. The number of aliphatic carboxylic acids is 1. The lowest BCUT2D eigenvalue weighted by molar-refractivity contribution is -0.143. The molecule has 1 fully saturated rings. The number of pyridine rings is 1. The van der Waals surface area contributed by atoms with Crippen molar-refractivity contribution in [3.05, 3.63) is 29.1 Å². The minimum Gasteiger partial charge on any atom is -0.480 e. The SMILES string of the molecule is Cc1ccc(C(=O)N2CCCC[C@H]2C(=O)O)c(C)n1. The van der Waals surface area contributed by atoms with Crippen molar-refractivity contribution < 1.29 is 14.7 Å². The van der Waals surface area contributed by atoms with Crippen LogP contribution in [0.15, 0.2) is 12.1 Å². The third-order valence-corrected chi connectivity index (χ3v) is 3.50. The predicted octanol–water partition coefficient (Wildman–Crippen LogP) is 1.78. The molecular formula is C14H18N2O3. The fourth-order valence-corrected chi connectivity index (χ4v) is 2.50. The summed E-state index contributed by atoms with van der Waals surface area (Å²) in [4.78, 5) is 29.4. The largest absolute Gasteiger partial charge is 0.480 e. The van der Waals surface area contributed by atoms with Crippen LogP contribution in [0.4, 0.5) is 0 Å². The van der Waals surface area contributed by atoms with E-state index in [0.29, 0.717) is 24.2 Å². The molecule has 0 radical (unpaired) electrons. The molecule has 1 atom stereocenters. The van der Waals surface area contributed by atoms with E-state index in [1.54, 1.807) is 19.1 Å². The average molecular weight is 262 g/mol. The summed E-state index contributed by atoms with van der Waals surface area (Å²) < 4.78 is 0. The number of carbonyl (C=O) groups is 2. The van der Waals surface area contributed by atoms with Crippen molar-refractivity contribution in [3.63, 3.8) is 0 Å². The van der Waals surface area contributed by atoms with Crippen molar-refractivity contribution in [3.8, 4) is 0 Å². The number of carboxylic acid groups (broad SMARTS) is 1. The van der Waals surface area contributed by atoms with Crippen LogP contribution in [0.5, 0.6) is 0 Å². The van der Waals surface area contributed by atoms with Crippen molar-refractivity contribution in [1.29, 1.82) is 0 Å². The first-order valence-electron chi connectivity index (χ1n) is 6.48. The second-order valence-corrected chi connectivity index (χ2v) is 4.93. The monoisotopic (exact) mass is 262 g/mol. The molecule has 2 heterocycles. The Labute approximate surface area is 112 Å². The summed E-state index contributed by atoms with van der Waals surface area (Å²) in [6, 6.07) is 2.80. The molecule has 0 bridgehead atoms. The third kappa shape index (κ3) is 2.75. The number of hydrogen-bond acceptors (Lipinski definition) is 3. The number of carboxylic acids is 1. The Hall–Kier alpha value is -1.91. The van der Waals surface area contributed by atoms with Crippen molar-refractivity contribution >= 4 is 11.9 Å². The highest BCUT2D eigenvalue weighted by Gasteiger charge is 2.33. The zero-order chi connectivity index (χ0) is 14.0. The van der Waals surface area contributed by atoms with Gasteiger partial charge in [-0.25, -0.2) is 4.79 Å². The quantitative estimate of drug-likeness (QED) is 0.882. The first-order valence-corrected chi connectivity index (χ1v) is 6.48. The molecule has 0 aliphatic carbocycles. The molecule has 0 aromatic carbocycles. The van der Waals surface area contributed by atoms with Gasteiger partial charge in [0.25, 0.3) is 5.91 Å². The zero-order valence-electron chi connectivity index (χ0n) is 11.2. The molecule has 1 N–H and O–H groups in total. The summed E-state index contributed by atoms with van der Waals surface area (Å²) in [5.74, 6) is -1.15. The molecule has 5 heteroatoms. The van der Waals surface area contributed by atoms with Crippen LogP contribution in [0, 0.1) is 13.8 Å². The van der Waals surface area contributed by atoms with Crippen molar-refractivity contribution in [2.75, 3.05) is 6.54 Å². The number of nitrogens with zero attached hydrogens (tertiary/aromatic N) is 2. The van der Waals surface area contributed by atoms with Crippen molar-refractivity contribution in [1.82, 2.24) is 9.88 Å². The Kier molecular flexibility index (Phi) is 3.83. The van der Waals surface area contributed by atoms with E-state index in [2.05, 4.69) is 4.98 Å². The van der Waals surface area contributed by atoms with Gasteiger partial charge < -0.3 is 10.0 Å². The summed E-state index contributed by atoms with van der Waals surface area (Å²) in [7, 11) is 0. The van der Waals surface area contributed by atoms with Gasteiger partial charge in [-0.15, -0.1) is 0 Å². The summed E-state index contributed by atoms with van der Waals surface area (Å²) in [6.45, 7) is 4.14. The molecule has 1 aromatic heterocycles. The number of carbonyl (C=O) groups excluding carboxylic acids is 1. The van der Waals surface area contributed by atoms with Crippen molar-refractivity contribution in [2.24, 2.45) is 0 Å². The van der Waals surface area contributed by atoms with E-state index >= 15 is 0 Å². The number of rotatable bonds is 2. The molecule has 0 saturated carbocycles. The normalized spacial score (nSPS) is 19.3. The highest BCUT2D eigenvalue weighted by molar-refractivity contribution is 5.97. The lowest BCUT2D eigenvalue weighted by atomic mass is 10.0. The fraction of sp³-hybridized carbons (Fsp3) is 0.500. The van der Waals surface area contributed by atoms with E-state index in [1.807, 2.05) is 6.92 Å². The maximum absolute atomic E-state index is 12.5. The van der Waals surface area contributed by atoms with Gasteiger partial charge in [0.2, 0.25) is 0 Å². The molecule has 5 nitrogen and oxygen atoms in total. The van der Waals surface area contributed by atoms with Crippen LogP contribution in [-0.4, -0.2) is 39.5 Å². The summed E-state index contributed by atoms with van der Waals surface area (Å²) in [5.41, 5.74) is 2.00. The lowest BCUT2D eigenvalue weighted by Crippen LogP contribution is -2.48. The van der Waals surface area contributed by atoms with Gasteiger partial charge in [-0.3, -0.25) is 9.78 Å². The van der Waals surface area contributed by atoms with Gasteiger partial charge in [-0.1, -0.05) is 0 Å². The van der Waals surface area contributed by atoms with E-state index in [9.17, 15) is 14.7 Å². The van der Waals surface area contributed by atoms with Gasteiger partial charge in [0, 0.05) is 12.2 Å². The van der Waals surface area contributed by atoms with Gasteiger partial charge >= 0.3 is 5.97 Å². The van der Waals surface area contributed by atoms with E-state index in [1.165, 1.54) is 4.90 Å². The predicted molar refractivity (Wildman–Crippen MR) is 70.0 cm³/mol. The van der Waals surface area contributed by atoms with Gasteiger partial charge in [-0.05, 0) is 45.2 Å². The van der Waals surface area contributed by atoms with Crippen LogP contribution >= 0.6 is 0 Å². The standard InChI is InChI=1S/C14H18N2O3/c1-9-6-7-11(10(2)15-9)13(17)16-8-4-3-5-12(16)14(18)19/h6-7,12H,3-5,8H2,1-2H3,(H,18,19)/t12-/m0/s1. The minimum atomic E-state index is -0.925. The number of amides is 1. The fourth-order valence-electron chi connectivity index (χ4n) is 2.50. The maximum Gasteiger partial charge on any atom is 0.326 e. The van der Waals surface area contributed by atoms with Crippen LogP contribution in [0.3, 0.4) is 0 Å². The van der Waals surface area contributed by atoms with Gasteiger partial charge in [0.15, 0.2) is 0 Å². The highest BCUT2D eigenvalue weighted by Crippen LogP contribution is 2.21. The molecule has 1 aliphatic rings. The number of piperidine rings is 1. The van der Waals surface area contributed by atoms with Crippen LogP contribution in [0.1, 0.15) is 41.0 Å². The Balaban J connectivity index is 2.28. The molecule has 0 spiro atoms. The molecule has 1 amide bonds.